The van der Waals surface area contributed by atoms with Crippen molar-refractivity contribution in [3.8, 4) is 5.75 Å². The number of hydrogen-bond acceptors (Lipinski definition) is 6. The summed E-state index contributed by atoms with van der Waals surface area (Å²) in [7, 11) is 0. The SMILES string of the molecule is N=CN([O-])c1ccc2c(c1)N(CC1CCC1C(O)C=CCCCS(=O)O)CCCCc1cc(Cl)ccc1CO2. The summed E-state index contributed by atoms with van der Waals surface area (Å²) < 4.78 is 26.1. The number of hydrogen-bond donors (Lipinski definition) is 3. The van der Waals surface area contributed by atoms with Crippen LogP contribution in [-0.2, 0) is 24.1 Å². The van der Waals surface area contributed by atoms with E-state index in [1.807, 2.05) is 30.4 Å². The van der Waals surface area contributed by atoms with Crippen molar-refractivity contribution in [3.05, 3.63) is 69.9 Å². The smallest absolute Gasteiger partial charge is 0.152 e. The number of hydroxylamine groups is 1. The molecule has 0 saturated heterocycles. The summed E-state index contributed by atoms with van der Waals surface area (Å²) in [5.74, 6) is 1.32. The van der Waals surface area contributed by atoms with E-state index in [1.165, 1.54) is 5.56 Å². The standard InChI is InChI=1S/C29H37ClN3O5S/c30-24-10-8-23-19-38-29-13-11-25(33(35)20-31)17-27(29)32(14-4-3-6-21(23)16-24)18-22-9-12-26(22)28(34)7-2-1-5-15-39(36)37/h2,7-8,10-11,13,16-17,20,22,26,28,31,34H,1,3-6,9,12,14-15,18-19H2,(H,36,37)/q-1. The molecule has 1 aliphatic heterocycles. The number of aryl methyl sites for hydroxylation is 1. The molecule has 4 rings (SSSR count). The summed E-state index contributed by atoms with van der Waals surface area (Å²) >= 11 is 4.49. The van der Waals surface area contributed by atoms with E-state index in [4.69, 9.17) is 26.3 Å². The van der Waals surface area contributed by atoms with E-state index in [0.717, 1.165) is 62.8 Å². The van der Waals surface area contributed by atoms with Crippen LogP contribution in [0.4, 0.5) is 11.4 Å². The van der Waals surface area contributed by atoms with Crippen LogP contribution in [-0.4, -0.2) is 45.2 Å². The number of aliphatic hydroxyl groups excluding tert-OH is 1. The summed E-state index contributed by atoms with van der Waals surface area (Å²) in [5, 5.41) is 31.8. The van der Waals surface area contributed by atoms with Gasteiger partial charge in [-0.1, -0.05) is 29.8 Å². The largest absolute Gasteiger partial charge is 0.753 e. The average Bonchev–Trinajstić information content (AvgIpc) is 2.93. The van der Waals surface area contributed by atoms with E-state index in [1.54, 1.807) is 18.2 Å². The van der Waals surface area contributed by atoms with E-state index in [9.17, 15) is 14.5 Å². The zero-order chi connectivity index (χ0) is 27.8. The van der Waals surface area contributed by atoms with Crippen LogP contribution in [0.15, 0.2) is 48.6 Å². The molecular formula is C29H37ClN3O5S-. The van der Waals surface area contributed by atoms with Gasteiger partial charge in [0.2, 0.25) is 0 Å². The first-order chi connectivity index (χ1) is 18.9. The van der Waals surface area contributed by atoms with Crippen molar-refractivity contribution in [1.29, 1.82) is 5.41 Å². The van der Waals surface area contributed by atoms with Crippen LogP contribution in [0.3, 0.4) is 0 Å². The lowest BCUT2D eigenvalue weighted by molar-refractivity contribution is 0.0461. The molecule has 212 valence electrons. The molecule has 4 unspecified atom stereocenters. The Morgan fingerprint density at radius 1 is 1.23 bits per heavy atom. The first kappa shape index (κ1) is 29.6. The van der Waals surface area contributed by atoms with Crippen molar-refractivity contribution in [2.24, 2.45) is 11.8 Å². The summed E-state index contributed by atoms with van der Waals surface area (Å²) in [6.45, 7) is 1.88. The Morgan fingerprint density at radius 3 is 2.82 bits per heavy atom. The van der Waals surface area contributed by atoms with Gasteiger partial charge in [-0.25, -0.2) is 4.21 Å². The van der Waals surface area contributed by atoms with Crippen LogP contribution < -0.4 is 14.7 Å². The summed E-state index contributed by atoms with van der Waals surface area (Å²) in [4.78, 5) is 2.27. The van der Waals surface area contributed by atoms with Gasteiger partial charge in [-0.15, -0.1) is 0 Å². The Bertz CT molecular complexity index is 1180. The highest BCUT2D eigenvalue weighted by molar-refractivity contribution is 7.79. The number of nitrogens with zero attached hydrogens (tertiary/aromatic N) is 2. The zero-order valence-electron chi connectivity index (χ0n) is 22.0. The first-order valence-corrected chi connectivity index (χ1v) is 15.2. The van der Waals surface area contributed by atoms with Gasteiger partial charge in [0.15, 0.2) is 11.1 Å². The lowest BCUT2D eigenvalue weighted by atomic mass is 9.70. The molecule has 1 fully saturated rings. The van der Waals surface area contributed by atoms with Crippen molar-refractivity contribution in [2.75, 3.05) is 28.8 Å². The molecule has 0 aromatic heterocycles. The van der Waals surface area contributed by atoms with Crippen LogP contribution in [0.25, 0.3) is 0 Å². The van der Waals surface area contributed by atoms with Gasteiger partial charge in [0.1, 0.15) is 12.4 Å². The fraction of sp³-hybridized carbons (Fsp3) is 0.483. The maximum Gasteiger partial charge on any atom is 0.152 e. The van der Waals surface area contributed by atoms with Crippen molar-refractivity contribution in [3.63, 3.8) is 0 Å². The Hall–Kier alpha value is -2.43. The number of unbranched alkanes of at least 4 members (excludes halogenated alkanes) is 1. The third-order valence-corrected chi connectivity index (χ3v) is 8.60. The monoisotopic (exact) mass is 574 g/mol. The number of ether oxygens (including phenoxy) is 1. The molecule has 1 heterocycles. The van der Waals surface area contributed by atoms with Gasteiger partial charge >= 0.3 is 0 Å². The number of nitrogens with one attached hydrogen (secondary N) is 1. The number of anilines is 2. The van der Waals surface area contributed by atoms with Crippen LogP contribution in [0, 0.1) is 22.5 Å². The highest BCUT2D eigenvalue weighted by atomic mass is 35.5. The lowest BCUT2D eigenvalue weighted by Crippen LogP contribution is -2.43. The molecule has 2 aromatic rings. The minimum atomic E-state index is -1.78. The number of rotatable bonds is 10. The minimum absolute atomic E-state index is 0.128. The number of halogens is 1. The van der Waals surface area contributed by atoms with Crippen LogP contribution >= 0.6 is 11.6 Å². The number of allylic oxidation sites excluding steroid dienone is 1. The molecule has 2 aliphatic rings. The van der Waals surface area contributed by atoms with Gasteiger partial charge in [0, 0.05) is 29.6 Å². The molecule has 10 heteroatoms. The van der Waals surface area contributed by atoms with E-state index in [-0.39, 0.29) is 17.6 Å². The summed E-state index contributed by atoms with van der Waals surface area (Å²) in [5.41, 5.74) is 3.46. The highest BCUT2D eigenvalue weighted by Gasteiger charge is 2.36. The van der Waals surface area contributed by atoms with E-state index in [2.05, 4.69) is 4.90 Å². The summed E-state index contributed by atoms with van der Waals surface area (Å²) in [6.07, 6.45) is 9.93. The topological polar surface area (TPSA) is 120 Å². The maximum absolute atomic E-state index is 12.3. The van der Waals surface area contributed by atoms with Gasteiger partial charge in [-0.2, -0.15) is 0 Å². The van der Waals surface area contributed by atoms with Crippen LogP contribution in [0.2, 0.25) is 5.02 Å². The molecule has 1 saturated carbocycles. The van der Waals surface area contributed by atoms with E-state index in [0.29, 0.717) is 41.0 Å². The Balaban J connectivity index is 1.53. The Labute approximate surface area is 238 Å². The second-order valence-corrected chi connectivity index (χ2v) is 11.8. The fourth-order valence-corrected chi connectivity index (χ4v) is 6.00. The first-order valence-electron chi connectivity index (χ1n) is 13.5. The zero-order valence-corrected chi connectivity index (χ0v) is 23.6. The predicted molar refractivity (Wildman–Crippen MR) is 158 cm³/mol. The lowest BCUT2D eigenvalue weighted by Gasteiger charge is -2.43. The molecule has 2 aromatic carbocycles. The molecular weight excluding hydrogens is 538 g/mol. The average molecular weight is 575 g/mol. The maximum atomic E-state index is 12.3. The highest BCUT2D eigenvalue weighted by Crippen LogP contribution is 2.41. The Morgan fingerprint density at radius 2 is 2.08 bits per heavy atom. The molecule has 8 nitrogen and oxygen atoms in total. The predicted octanol–water partition coefficient (Wildman–Crippen LogP) is 5.92. The third-order valence-electron chi connectivity index (χ3n) is 7.72. The third kappa shape index (κ3) is 8.05. The number of fused-ring (bicyclic) bond motifs is 2. The quantitative estimate of drug-likeness (QED) is 0.0804. The van der Waals surface area contributed by atoms with Gasteiger partial charge in [0.05, 0.1) is 18.1 Å². The fourth-order valence-electron chi connectivity index (χ4n) is 5.40. The van der Waals surface area contributed by atoms with Crippen molar-refractivity contribution >= 4 is 40.4 Å². The van der Waals surface area contributed by atoms with Gasteiger partial charge in [-0.05, 0) is 98.2 Å². The molecule has 0 bridgehead atoms. The van der Waals surface area contributed by atoms with Gasteiger partial charge in [-0.3, -0.25) is 5.41 Å². The van der Waals surface area contributed by atoms with Gasteiger partial charge < -0.3 is 29.6 Å². The van der Waals surface area contributed by atoms with E-state index >= 15 is 0 Å². The Kier molecular flexibility index (Phi) is 10.8. The molecule has 39 heavy (non-hydrogen) atoms. The molecule has 1 aliphatic carbocycles. The summed E-state index contributed by atoms with van der Waals surface area (Å²) in [6, 6.07) is 11.2. The molecule has 0 radical (unpaired) electrons. The van der Waals surface area contributed by atoms with Crippen molar-refractivity contribution < 1.29 is 18.6 Å². The van der Waals surface area contributed by atoms with E-state index < -0.39 is 17.2 Å². The second kappa shape index (κ2) is 14.3. The number of aliphatic hydroxyl groups is 1. The minimum Gasteiger partial charge on any atom is -0.753 e. The van der Waals surface area contributed by atoms with Crippen molar-refractivity contribution in [2.45, 2.75) is 57.7 Å². The number of benzene rings is 2. The molecule has 4 atom stereocenters. The van der Waals surface area contributed by atoms with Crippen LogP contribution in [0.5, 0.6) is 5.75 Å². The normalized spacial score (nSPS) is 21.1. The molecule has 0 spiro atoms. The van der Waals surface area contributed by atoms with Crippen molar-refractivity contribution in [1.82, 2.24) is 0 Å². The molecule has 0 amide bonds. The van der Waals surface area contributed by atoms with Crippen LogP contribution in [0.1, 0.15) is 49.7 Å². The molecule has 3 N–H and O–H groups in total. The van der Waals surface area contributed by atoms with Gasteiger partial charge in [0.25, 0.3) is 0 Å². The second-order valence-electron chi connectivity index (χ2n) is 10.3.